The Hall–Kier alpha value is -2.49. The largest absolute Gasteiger partial charge is 0.496 e. The van der Waals surface area contributed by atoms with Gasteiger partial charge in [0.2, 0.25) is 0 Å². The number of anilines is 2. The number of nitrogen functional groups attached to an aromatic ring is 1. The number of aryl methyl sites for hydroxylation is 1. The van der Waals surface area contributed by atoms with E-state index >= 15 is 0 Å². The Morgan fingerprint density at radius 1 is 1.20 bits per heavy atom. The fraction of sp³-hybridized carbons (Fsp3) is 0.188. The third-order valence-electron chi connectivity index (χ3n) is 3.32. The third-order valence-corrected chi connectivity index (χ3v) is 3.32. The second kappa shape index (κ2) is 5.65. The van der Waals surface area contributed by atoms with Crippen LogP contribution in [0.1, 0.15) is 21.5 Å². The average Bonchev–Trinajstić information content (AvgIpc) is 2.43. The number of amides is 1. The van der Waals surface area contributed by atoms with Crippen LogP contribution in [0.3, 0.4) is 0 Å². The van der Waals surface area contributed by atoms with Gasteiger partial charge in [-0.25, -0.2) is 0 Å². The van der Waals surface area contributed by atoms with Crippen LogP contribution in [0.25, 0.3) is 0 Å². The van der Waals surface area contributed by atoms with E-state index in [-0.39, 0.29) is 5.91 Å². The number of rotatable bonds is 3. The van der Waals surface area contributed by atoms with E-state index in [4.69, 9.17) is 10.5 Å². The van der Waals surface area contributed by atoms with Gasteiger partial charge in [0.05, 0.1) is 12.7 Å². The van der Waals surface area contributed by atoms with E-state index in [1.165, 1.54) is 7.11 Å². The number of carbonyl (C=O) groups is 1. The highest BCUT2D eigenvalue weighted by atomic mass is 16.5. The van der Waals surface area contributed by atoms with Gasteiger partial charge in [-0.1, -0.05) is 12.1 Å². The minimum absolute atomic E-state index is 0.212. The lowest BCUT2D eigenvalue weighted by Gasteiger charge is -2.12. The van der Waals surface area contributed by atoms with Crippen LogP contribution in [-0.2, 0) is 0 Å². The Balaban J connectivity index is 2.31. The normalized spacial score (nSPS) is 10.2. The molecule has 0 radical (unpaired) electrons. The molecule has 104 valence electrons. The molecule has 0 atom stereocenters. The first-order valence-electron chi connectivity index (χ1n) is 6.34. The van der Waals surface area contributed by atoms with Crippen molar-refractivity contribution in [1.82, 2.24) is 0 Å². The Morgan fingerprint density at radius 3 is 2.65 bits per heavy atom. The van der Waals surface area contributed by atoms with Crippen molar-refractivity contribution < 1.29 is 9.53 Å². The molecule has 0 aromatic heterocycles. The number of carbonyl (C=O) groups excluding carboxylic acids is 1. The number of hydrogen-bond donors (Lipinski definition) is 2. The van der Waals surface area contributed by atoms with Gasteiger partial charge < -0.3 is 15.8 Å². The molecule has 0 heterocycles. The van der Waals surface area contributed by atoms with Gasteiger partial charge >= 0.3 is 0 Å². The second-order valence-electron chi connectivity index (χ2n) is 4.66. The van der Waals surface area contributed by atoms with E-state index in [0.717, 1.165) is 16.8 Å². The fourth-order valence-electron chi connectivity index (χ4n) is 1.97. The third kappa shape index (κ3) is 2.74. The molecular weight excluding hydrogens is 252 g/mol. The van der Waals surface area contributed by atoms with Gasteiger partial charge in [0.1, 0.15) is 5.75 Å². The van der Waals surface area contributed by atoms with Crippen molar-refractivity contribution in [3.63, 3.8) is 0 Å². The minimum atomic E-state index is -0.212. The monoisotopic (exact) mass is 270 g/mol. The molecule has 0 saturated carbocycles. The van der Waals surface area contributed by atoms with E-state index < -0.39 is 0 Å². The molecule has 0 aliphatic rings. The van der Waals surface area contributed by atoms with Gasteiger partial charge in [0, 0.05) is 17.4 Å². The van der Waals surface area contributed by atoms with Crippen LogP contribution >= 0.6 is 0 Å². The second-order valence-corrected chi connectivity index (χ2v) is 4.66. The maximum atomic E-state index is 12.3. The molecule has 4 nitrogen and oxygen atoms in total. The van der Waals surface area contributed by atoms with Crippen molar-refractivity contribution in [3.05, 3.63) is 53.1 Å². The summed E-state index contributed by atoms with van der Waals surface area (Å²) >= 11 is 0. The van der Waals surface area contributed by atoms with Crippen LogP contribution in [0, 0.1) is 13.8 Å². The number of nitrogens with two attached hydrogens (primary N) is 1. The van der Waals surface area contributed by atoms with Gasteiger partial charge in [-0.2, -0.15) is 0 Å². The van der Waals surface area contributed by atoms with Crippen LogP contribution in [0.4, 0.5) is 11.4 Å². The summed E-state index contributed by atoms with van der Waals surface area (Å²) in [5.74, 6) is 0.253. The standard InChI is InChI=1S/C16H18N2O2/c1-10-5-4-6-14(11(10)2)18-16(19)13-8-7-12(17)9-15(13)20-3/h4-9H,17H2,1-3H3,(H,18,19). The van der Waals surface area contributed by atoms with Crippen LogP contribution in [0.5, 0.6) is 5.75 Å². The molecule has 0 unspecified atom stereocenters. The molecule has 0 spiro atoms. The Morgan fingerprint density at radius 2 is 1.95 bits per heavy atom. The van der Waals surface area contributed by atoms with Gasteiger partial charge in [-0.15, -0.1) is 0 Å². The molecule has 0 aliphatic carbocycles. The molecule has 0 fully saturated rings. The van der Waals surface area contributed by atoms with Crippen LogP contribution < -0.4 is 15.8 Å². The molecule has 4 heteroatoms. The molecule has 20 heavy (non-hydrogen) atoms. The van der Waals surface area contributed by atoms with Gasteiger partial charge in [0.25, 0.3) is 5.91 Å². The number of nitrogens with one attached hydrogen (secondary N) is 1. The fourth-order valence-corrected chi connectivity index (χ4v) is 1.97. The number of benzene rings is 2. The van der Waals surface area contributed by atoms with E-state index in [0.29, 0.717) is 17.0 Å². The zero-order valence-corrected chi connectivity index (χ0v) is 11.9. The van der Waals surface area contributed by atoms with E-state index in [2.05, 4.69) is 5.32 Å². The first-order valence-corrected chi connectivity index (χ1v) is 6.34. The lowest BCUT2D eigenvalue weighted by molar-refractivity contribution is 0.102. The first kappa shape index (κ1) is 13.9. The van der Waals surface area contributed by atoms with Crippen molar-refractivity contribution >= 4 is 17.3 Å². The quantitative estimate of drug-likeness (QED) is 0.842. The first-order chi connectivity index (χ1) is 9.52. The molecule has 2 aromatic carbocycles. The molecule has 0 aliphatic heterocycles. The zero-order chi connectivity index (χ0) is 14.7. The van der Waals surface area contributed by atoms with Crippen molar-refractivity contribution in [1.29, 1.82) is 0 Å². The van der Waals surface area contributed by atoms with Crippen LogP contribution in [-0.4, -0.2) is 13.0 Å². The summed E-state index contributed by atoms with van der Waals surface area (Å²) < 4.78 is 5.20. The molecule has 0 saturated heterocycles. The van der Waals surface area contributed by atoms with E-state index in [1.54, 1.807) is 18.2 Å². The van der Waals surface area contributed by atoms with Crippen molar-refractivity contribution in [2.75, 3.05) is 18.2 Å². The topological polar surface area (TPSA) is 64.3 Å². The minimum Gasteiger partial charge on any atom is -0.496 e. The highest BCUT2D eigenvalue weighted by molar-refractivity contribution is 6.06. The predicted octanol–water partition coefficient (Wildman–Crippen LogP) is 3.15. The molecule has 1 amide bonds. The van der Waals surface area contributed by atoms with Crippen LogP contribution in [0.2, 0.25) is 0 Å². The lowest BCUT2D eigenvalue weighted by atomic mass is 10.1. The highest BCUT2D eigenvalue weighted by Gasteiger charge is 2.13. The maximum absolute atomic E-state index is 12.3. The molecule has 0 bridgehead atoms. The maximum Gasteiger partial charge on any atom is 0.259 e. The average molecular weight is 270 g/mol. The van der Waals surface area contributed by atoms with E-state index in [1.807, 2.05) is 32.0 Å². The smallest absolute Gasteiger partial charge is 0.259 e. The zero-order valence-electron chi connectivity index (χ0n) is 11.9. The summed E-state index contributed by atoms with van der Waals surface area (Å²) in [6, 6.07) is 10.8. The summed E-state index contributed by atoms with van der Waals surface area (Å²) in [5.41, 5.74) is 9.69. The Bertz CT molecular complexity index is 651. The molecule has 2 aromatic rings. The van der Waals surface area contributed by atoms with Crippen molar-refractivity contribution in [2.24, 2.45) is 0 Å². The highest BCUT2D eigenvalue weighted by Crippen LogP contribution is 2.24. The summed E-state index contributed by atoms with van der Waals surface area (Å²) in [6.07, 6.45) is 0. The van der Waals surface area contributed by atoms with Crippen molar-refractivity contribution in [3.8, 4) is 5.75 Å². The SMILES string of the molecule is COc1cc(N)ccc1C(=O)Nc1cccc(C)c1C. The van der Waals surface area contributed by atoms with Gasteiger partial charge in [-0.05, 0) is 43.2 Å². The molecule has 2 rings (SSSR count). The lowest BCUT2D eigenvalue weighted by Crippen LogP contribution is -2.14. The summed E-state index contributed by atoms with van der Waals surface area (Å²) in [4.78, 5) is 12.3. The number of methoxy groups -OCH3 is 1. The molecule has 3 N–H and O–H groups in total. The van der Waals surface area contributed by atoms with E-state index in [9.17, 15) is 4.79 Å². The Labute approximate surface area is 118 Å². The molecular formula is C16H18N2O2. The number of ether oxygens (including phenoxy) is 1. The van der Waals surface area contributed by atoms with Crippen molar-refractivity contribution in [2.45, 2.75) is 13.8 Å². The van der Waals surface area contributed by atoms with Crippen LogP contribution in [0.15, 0.2) is 36.4 Å². The number of hydrogen-bond acceptors (Lipinski definition) is 3. The summed E-state index contributed by atoms with van der Waals surface area (Å²) in [5, 5.41) is 2.90. The predicted molar refractivity (Wildman–Crippen MR) is 81.3 cm³/mol. The summed E-state index contributed by atoms with van der Waals surface area (Å²) in [6.45, 7) is 3.99. The Kier molecular flexibility index (Phi) is 3.94. The summed E-state index contributed by atoms with van der Waals surface area (Å²) in [7, 11) is 1.52. The van der Waals surface area contributed by atoms with Gasteiger partial charge in [-0.3, -0.25) is 4.79 Å². The van der Waals surface area contributed by atoms with Gasteiger partial charge in [0.15, 0.2) is 0 Å².